The number of benzene rings is 2. The molecule has 1 aromatic heterocycles. The van der Waals surface area contributed by atoms with E-state index in [4.69, 9.17) is 5.73 Å². The molecule has 3 nitrogen and oxygen atoms in total. The van der Waals surface area contributed by atoms with Gasteiger partial charge in [0.15, 0.2) is 0 Å². The van der Waals surface area contributed by atoms with Gasteiger partial charge in [0.25, 0.3) is 0 Å². The normalized spacial score (nSPS) is 12.4. The summed E-state index contributed by atoms with van der Waals surface area (Å²) in [5.74, 6) is -0.446. The minimum atomic E-state index is -0.252. The van der Waals surface area contributed by atoms with Crippen molar-refractivity contribution in [1.82, 2.24) is 4.98 Å². The Bertz CT molecular complexity index is 713. The van der Waals surface area contributed by atoms with E-state index in [9.17, 15) is 4.79 Å². The van der Waals surface area contributed by atoms with Crippen LogP contribution in [0.2, 0.25) is 0 Å². The van der Waals surface area contributed by atoms with E-state index >= 15 is 0 Å². The van der Waals surface area contributed by atoms with E-state index in [0.717, 1.165) is 22.2 Å². The average Bonchev–Trinajstić information content (AvgIpc) is 2.90. The summed E-state index contributed by atoms with van der Waals surface area (Å²) in [4.78, 5) is 15.1. The Morgan fingerprint density at radius 2 is 1.71 bits per heavy atom. The summed E-state index contributed by atoms with van der Waals surface area (Å²) in [6.45, 7) is 0. The Labute approximate surface area is 123 Å². The van der Waals surface area contributed by atoms with Crippen LogP contribution in [0.5, 0.6) is 0 Å². The Hall–Kier alpha value is -2.55. The number of hydrogen-bond donors (Lipinski definition) is 2. The topological polar surface area (TPSA) is 58.9 Å². The van der Waals surface area contributed by atoms with Crippen molar-refractivity contribution in [2.24, 2.45) is 11.7 Å². The van der Waals surface area contributed by atoms with Gasteiger partial charge in [-0.15, -0.1) is 0 Å². The fourth-order valence-corrected chi connectivity index (χ4v) is 2.68. The predicted molar refractivity (Wildman–Crippen MR) is 84.8 cm³/mol. The fourth-order valence-electron chi connectivity index (χ4n) is 2.68. The first-order valence-electron chi connectivity index (χ1n) is 7.12. The van der Waals surface area contributed by atoms with Crippen LogP contribution in [0, 0.1) is 5.92 Å². The van der Waals surface area contributed by atoms with E-state index in [0.29, 0.717) is 12.8 Å². The minimum Gasteiger partial charge on any atom is -0.369 e. The largest absolute Gasteiger partial charge is 0.369 e. The molecule has 3 aromatic rings. The molecule has 1 amide bonds. The summed E-state index contributed by atoms with van der Waals surface area (Å²) < 4.78 is 0. The lowest BCUT2D eigenvalue weighted by Gasteiger charge is -2.12. The molecule has 3 heteroatoms. The van der Waals surface area contributed by atoms with Crippen LogP contribution in [0.25, 0.3) is 10.9 Å². The lowest BCUT2D eigenvalue weighted by Crippen LogP contribution is -2.27. The van der Waals surface area contributed by atoms with Crippen LogP contribution in [0.4, 0.5) is 0 Å². The van der Waals surface area contributed by atoms with Crippen LogP contribution >= 0.6 is 0 Å². The number of aromatic nitrogens is 1. The van der Waals surface area contributed by atoms with Crippen LogP contribution in [0.1, 0.15) is 11.3 Å². The maximum absolute atomic E-state index is 11.7. The van der Waals surface area contributed by atoms with E-state index in [1.807, 2.05) is 48.5 Å². The molecule has 0 saturated heterocycles. The number of rotatable bonds is 5. The van der Waals surface area contributed by atoms with E-state index in [-0.39, 0.29) is 11.8 Å². The molecule has 0 radical (unpaired) electrons. The van der Waals surface area contributed by atoms with Crippen LogP contribution < -0.4 is 5.73 Å². The molecule has 0 aliphatic heterocycles. The molecule has 1 atom stereocenters. The van der Waals surface area contributed by atoms with Gasteiger partial charge in [0, 0.05) is 17.1 Å². The van der Waals surface area contributed by atoms with Gasteiger partial charge in [0.05, 0.1) is 0 Å². The minimum absolute atomic E-state index is 0.194. The summed E-state index contributed by atoms with van der Waals surface area (Å²) in [7, 11) is 0. The lowest BCUT2D eigenvalue weighted by atomic mass is 9.94. The second-order valence-electron chi connectivity index (χ2n) is 5.37. The van der Waals surface area contributed by atoms with E-state index in [2.05, 4.69) is 17.1 Å². The van der Waals surface area contributed by atoms with Gasteiger partial charge in [-0.25, -0.2) is 0 Å². The molecular weight excluding hydrogens is 260 g/mol. The first-order chi connectivity index (χ1) is 10.2. The molecular formula is C18H18N2O. The smallest absolute Gasteiger partial charge is 0.221 e. The van der Waals surface area contributed by atoms with Crippen molar-refractivity contribution in [3.8, 4) is 0 Å². The summed E-state index contributed by atoms with van der Waals surface area (Å²) in [6.07, 6.45) is 1.31. The number of nitrogens with two attached hydrogens (primary N) is 1. The number of hydrogen-bond acceptors (Lipinski definition) is 1. The highest BCUT2D eigenvalue weighted by molar-refractivity contribution is 5.81. The number of carbonyl (C=O) groups excluding carboxylic acids is 1. The highest BCUT2D eigenvalue weighted by atomic mass is 16.1. The van der Waals surface area contributed by atoms with Crippen molar-refractivity contribution in [2.75, 3.05) is 0 Å². The SMILES string of the molecule is NC(=O)C(Cc1ccccc1)Cc1cc2ccccc2[nH]1. The van der Waals surface area contributed by atoms with Crippen LogP contribution in [0.3, 0.4) is 0 Å². The second-order valence-corrected chi connectivity index (χ2v) is 5.37. The van der Waals surface area contributed by atoms with Crippen molar-refractivity contribution >= 4 is 16.8 Å². The third-order valence-corrected chi connectivity index (χ3v) is 3.78. The average molecular weight is 278 g/mol. The van der Waals surface area contributed by atoms with Crippen molar-refractivity contribution in [3.05, 3.63) is 71.9 Å². The van der Waals surface area contributed by atoms with Crippen molar-refractivity contribution in [1.29, 1.82) is 0 Å². The number of primary amides is 1. The molecule has 21 heavy (non-hydrogen) atoms. The number of nitrogens with one attached hydrogen (secondary N) is 1. The van der Waals surface area contributed by atoms with Gasteiger partial charge in [-0.1, -0.05) is 48.5 Å². The Morgan fingerprint density at radius 1 is 1.00 bits per heavy atom. The van der Waals surface area contributed by atoms with Gasteiger partial charge in [-0.3, -0.25) is 4.79 Å². The molecule has 3 rings (SSSR count). The monoisotopic (exact) mass is 278 g/mol. The van der Waals surface area contributed by atoms with Crippen molar-refractivity contribution in [3.63, 3.8) is 0 Å². The number of carbonyl (C=O) groups is 1. The summed E-state index contributed by atoms with van der Waals surface area (Å²) in [6, 6.07) is 20.2. The highest BCUT2D eigenvalue weighted by Crippen LogP contribution is 2.19. The van der Waals surface area contributed by atoms with Gasteiger partial charge in [-0.05, 0) is 35.9 Å². The Kier molecular flexibility index (Phi) is 3.73. The van der Waals surface area contributed by atoms with Gasteiger partial charge < -0.3 is 10.7 Å². The van der Waals surface area contributed by atoms with Crippen LogP contribution in [-0.4, -0.2) is 10.9 Å². The molecule has 0 aliphatic rings. The van der Waals surface area contributed by atoms with E-state index in [1.54, 1.807) is 0 Å². The number of para-hydroxylation sites is 1. The molecule has 0 bridgehead atoms. The Morgan fingerprint density at radius 3 is 2.43 bits per heavy atom. The van der Waals surface area contributed by atoms with Crippen LogP contribution in [-0.2, 0) is 17.6 Å². The summed E-state index contributed by atoms with van der Waals surface area (Å²) >= 11 is 0. The van der Waals surface area contributed by atoms with Gasteiger partial charge >= 0.3 is 0 Å². The van der Waals surface area contributed by atoms with Gasteiger partial charge in [0.2, 0.25) is 5.91 Å². The Balaban J connectivity index is 1.80. The molecule has 0 saturated carbocycles. The summed E-state index contributed by atoms with van der Waals surface area (Å²) in [5, 5.41) is 1.16. The zero-order valence-electron chi connectivity index (χ0n) is 11.8. The molecule has 106 valence electrons. The standard InChI is InChI=1S/C18H18N2O/c19-18(21)15(10-13-6-2-1-3-7-13)12-16-11-14-8-4-5-9-17(14)20-16/h1-9,11,15,20H,10,12H2,(H2,19,21). The van der Waals surface area contributed by atoms with Gasteiger partial charge in [-0.2, -0.15) is 0 Å². The van der Waals surface area contributed by atoms with E-state index in [1.165, 1.54) is 0 Å². The van der Waals surface area contributed by atoms with E-state index < -0.39 is 0 Å². The quantitative estimate of drug-likeness (QED) is 0.740. The zero-order valence-corrected chi connectivity index (χ0v) is 11.8. The molecule has 2 aromatic carbocycles. The third-order valence-electron chi connectivity index (χ3n) is 3.78. The van der Waals surface area contributed by atoms with Gasteiger partial charge in [0.1, 0.15) is 0 Å². The second kappa shape index (κ2) is 5.83. The molecule has 3 N–H and O–H groups in total. The molecule has 0 spiro atoms. The van der Waals surface area contributed by atoms with Crippen LogP contribution in [0.15, 0.2) is 60.7 Å². The van der Waals surface area contributed by atoms with Crippen molar-refractivity contribution in [2.45, 2.75) is 12.8 Å². The number of fused-ring (bicyclic) bond motifs is 1. The molecule has 0 fully saturated rings. The molecule has 0 aliphatic carbocycles. The number of aromatic amines is 1. The summed E-state index contributed by atoms with van der Waals surface area (Å²) in [5.41, 5.74) is 8.86. The maximum Gasteiger partial charge on any atom is 0.221 e. The third kappa shape index (κ3) is 3.14. The van der Waals surface area contributed by atoms with Crippen molar-refractivity contribution < 1.29 is 4.79 Å². The zero-order chi connectivity index (χ0) is 14.7. The highest BCUT2D eigenvalue weighted by Gasteiger charge is 2.17. The first kappa shape index (κ1) is 13.4. The molecule has 1 heterocycles. The lowest BCUT2D eigenvalue weighted by molar-refractivity contribution is -0.121. The number of amides is 1. The maximum atomic E-state index is 11.7. The molecule has 1 unspecified atom stereocenters. The predicted octanol–water partition coefficient (Wildman–Crippen LogP) is 3.05. The fraction of sp³-hybridized carbons (Fsp3) is 0.167. The number of H-pyrrole nitrogens is 1. The first-order valence-corrected chi connectivity index (χ1v) is 7.12.